The first-order valence-corrected chi connectivity index (χ1v) is 8.42. The number of pyridine rings is 3. The molecule has 3 aromatic heterocycles. The van der Waals surface area contributed by atoms with E-state index in [1.54, 1.807) is 26.1 Å². The van der Waals surface area contributed by atoms with Gasteiger partial charge in [-0.1, -0.05) is 0 Å². The summed E-state index contributed by atoms with van der Waals surface area (Å²) in [7, 11) is 1.58. The molecular formula is C19H16F2N4O2. The van der Waals surface area contributed by atoms with Crippen LogP contribution in [0.4, 0.5) is 14.6 Å². The Morgan fingerprint density at radius 2 is 2.00 bits per heavy atom. The zero-order valence-corrected chi connectivity index (χ0v) is 14.7. The fraction of sp³-hybridized carbons (Fsp3) is 0.263. The minimum Gasteiger partial charge on any atom is -0.311 e. The van der Waals surface area contributed by atoms with Crippen LogP contribution in [0.5, 0.6) is 0 Å². The van der Waals surface area contributed by atoms with Gasteiger partial charge in [0.1, 0.15) is 17.8 Å². The van der Waals surface area contributed by atoms with Gasteiger partial charge in [0.2, 0.25) is 5.91 Å². The predicted molar refractivity (Wildman–Crippen MR) is 96.5 cm³/mol. The molecule has 27 heavy (non-hydrogen) atoms. The highest BCUT2D eigenvalue weighted by molar-refractivity contribution is 5.95. The van der Waals surface area contributed by atoms with Crippen molar-refractivity contribution in [2.24, 2.45) is 13.0 Å². The Labute approximate surface area is 152 Å². The summed E-state index contributed by atoms with van der Waals surface area (Å²) in [5, 5.41) is 3.21. The van der Waals surface area contributed by atoms with Crippen molar-refractivity contribution in [1.82, 2.24) is 14.5 Å². The number of alkyl halides is 1. The zero-order chi connectivity index (χ0) is 19.3. The number of rotatable bonds is 3. The van der Waals surface area contributed by atoms with Crippen LogP contribution < -0.4 is 10.9 Å². The zero-order valence-electron chi connectivity index (χ0n) is 14.7. The molecule has 0 aliphatic heterocycles. The molecule has 0 aromatic carbocycles. The van der Waals surface area contributed by atoms with Gasteiger partial charge in [-0.15, -0.1) is 0 Å². The van der Waals surface area contributed by atoms with E-state index >= 15 is 0 Å². The quantitative estimate of drug-likeness (QED) is 0.769. The Morgan fingerprint density at radius 1 is 1.26 bits per heavy atom. The van der Waals surface area contributed by atoms with Gasteiger partial charge in [-0.05, 0) is 25.0 Å². The lowest BCUT2D eigenvalue weighted by atomic mass is 10.0. The predicted octanol–water partition coefficient (Wildman–Crippen LogP) is 2.74. The lowest BCUT2D eigenvalue weighted by Crippen LogP contribution is -2.20. The topological polar surface area (TPSA) is 76.9 Å². The van der Waals surface area contributed by atoms with Crippen molar-refractivity contribution in [1.29, 1.82) is 0 Å². The van der Waals surface area contributed by atoms with Gasteiger partial charge < -0.3 is 9.88 Å². The van der Waals surface area contributed by atoms with E-state index in [4.69, 9.17) is 0 Å². The maximum atomic E-state index is 13.8. The van der Waals surface area contributed by atoms with Crippen LogP contribution in [-0.2, 0) is 11.8 Å². The van der Waals surface area contributed by atoms with Gasteiger partial charge >= 0.3 is 0 Å². The number of hydrogen-bond acceptors (Lipinski definition) is 4. The summed E-state index contributed by atoms with van der Waals surface area (Å²) in [6, 6.07) is 3.18. The van der Waals surface area contributed by atoms with Gasteiger partial charge in [0.15, 0.2) is 0 Å². The highest BCUT2D eigenvalue weighted by Gasteiger charge is 2.43. The van der Waals surface area contributed by atoms with Gasteiger partial charge in [-0.25, -0.2) is 13.8 Å². The lowest BCUT2D eigenvalue weighted by Gasteiger charge is -2.12. The second-order valence-corrected chi connectivity index (χ2v) is 6.69. The van der Waals surface area contributed by atoms with Crippen LogP contribution in [-0.4, -0.2) is 26.6 Å². The number of amides is 1. The standard InChI is InChI=1S/C19H16F2N4O2/c1-9-13(7-22-8-15(9)21)11-3-10-6-23-17(5-16(10)25(2)19(11)27)24-18(26)12-4-14(12)20/h3,5-8,12,14H,4H2,1-2H3,(H,23,24,26)/t12?,14-/m1/s1. The fourth-order valence-corrected chi connectivity index (χ4v) is 3.05. The number of carbonyl (C=O) groups excluding carboxylic acids is 1. The van der Waals surface area contributed by atoms with Crippen molar-refractivity contribution in [2.75, 3.05) is 5.32 Å². The Morgan fingerprint density at radius 3 is 2.70 bits per heavy atom. The molecule has 1 aliphatic rings. The summed E-state index contributed by atoms with van der Waals surface area (Å²) in [4.78, 5) is 32.7. The largest absolute Gasteiger partial charge is 0.311 e. The Bertz CT molecular complexity index is 1140. The number of halogens is 2. The molecule has 0 spiro atoms. The number of anilines is 1. The summed E-state index contributed by atoms with van der Waals surface area (Å²) >= 11 is 0. The highest BCUT2D eigenvalue weighted by atomic mass is 19.1. The van der Waals surface area contributed by atoms with Gasteiger partial charge in [0, 0.05) is 42.0 Å². The molecule has 1 fully saturated rings. The first-order chi connectivity index (χ1) is 12.9. The molecular weight excluding hydrogens is 354 g/mol. The smallest absolute Gasteiger partial charge is 0.258 e. The van der Waals surface area contributed by atoms with Crippen LogP contribution in [0.1, 0.15) is 12.0 Å². The SMILES string of the molecule is Cc1c(F)cncc1-c1cc2cnc(NC(=O)C3C[C@H]3F)cc2n(C)c1=O. The maximum absolute atomic E-state index is 13.8. The van der Waals surface area contributed by atoms with E-state index in [1.807, 2.05) is 0 Å². The Balaban J connectivity index is 1.78. The number of aromatic nitrogens is 3. The maximum Gasteiger partial charge on any atom is 0.258 e. The van der Waals surface area contributed by atoms with E-state index in [1.165, 1.54) is 17.0 Å². The van der Waals surface area contributed by atoms with Crippen LogP contribution in [0.2, 0.25) is 0 Å². The molecule has 6 nitrogen and oxygen atoms in total. The molecule has 1 amide bonds. The van der Waals surface area contributed by atoms with Crippen LogP contribution in [0, 0.1) is 18.7 Å². The molecule has 1 aliphatic carbocycles. The molecule has 8 heteroatoms. The average Bonchev–Trinajstić information content (AvgIpc) is 3.38. The minimum absolute atomic E-state index is 0.224. The van der Waals surface area contributed by atoms with Crippen molar-refractivity contribution in [3.05, 3.63) is 52.5 Å². The molecule has 0 saturated heterocycles. The molecule has 4 rings (SSSR count). The average molecular weight is 370 g/mol. The van der Waals surface area contributed by atoms with Crippen LogP contribution in [0.3, 0.4) is 0 Å². The molecule has 2 atom stereocenters. The van der Waals surface area contributed by atoms with E-state index in [2.05, 4.69) is 15.3 Å². The van der Waals surface area contributed by atoms with Crippen LogP contribution >= 0.6 is 0 Å². The lowest BCUT2D eigenvalue weighted by molar-refractivity contribution is -0.117. The number of carbonyl (C=O) groups is 1. The number of nitrogens with one attached hydrogen (secondary N) is 1. The van der Waals surface area contributed by atoms with Gasteiger partial charge in [0.25, 0.3) is 5.56 Å². The summed E-state index contributed by atoms with van der Waals surface area (Å²) < 4.78 is 28.2. The molecule has 0 bridgehead atoms. The van der Waals surface area contributed by atoms with Crippen LogP contribution in [0.15, 0.2) is 35.5 Å². The van der Waals surface area contributed by atoms with E-state index in [0.717, 1.165) is 6.20 Å². The van der Waals surface area contributed by atoms with Crippen LogP contribution in [0.25, 0.3) is 22.0 Å². The van der Waals surface area contributed by atoms with E-state index in [0.29, 0.717) is 27.6 Å². The normalized spacial score (nSPS) is 18.5. The van der Waals surface area contributed by atoms with E-state index < -0.39 is 23.8 Å². The molecule has 3 aromatic rings. The fourth-order valence-electron chi connectivity index (χ4n) is 3.05. The summed E-state index contributed by atoms with van der Waals surface area (Å²) in [6.45, 7) is 1.59. The minimum atomic E-state index is -1.10. The number of aryl methyl sites for hydroxylation is 1. The molecule has 0 radical (unpaired) electrons. The highest BCUT2D eigenvalue weighted by Crippen LogP contribution is 2.34. The third kappa shape index (κ3) is 2.97. The summed E-state index contributed by atoms with van der Waals surface area (Å²) in [5.41, 5.74) is 1.28. The van der Waals surface area contributed by atoms with E-state index in [-0.39, 0.29) is 17.8 Å². The van der Waals surface area contributed by atoms with Crippen molar-refractivity contribution < 1.29 is 13.6 Å². The van der Waals surface area contributed by atoms with Gasteiger partial charge in [0.05, 0.1) is 17.6 Å². The first kappa shape index (κ1) is 17.3. The number of nitrogens with zero attached hydrogens (tertiary/aromatic N) is 3. The van der Waals surface area contributed by atoms with Crippen molar-refractivity contribution in [3.63, 3.8) is 0 Å². The Kier molecular flexibility index (Phi) is 3.98. The molecule has 1 unspecified atom stereocenters. The van der Waals surface area contributed by atoms with Crippen molar-refractivity contribution in [2.45, 2.75) is 19.5 Å². The number of hydrogen-bond donors (Lipinski definition) is 1. The Hall–Kier alpha value is -3.16. The molecule has 3 heterocycles. The van der Waals surface area contributed by atoms with E-state index in [9.17, 15) is 18.4 Å². The summed E-state index contributed by atoms with van der Waals surface area (Å²) in [6.07, 6.45) is 3.19. The monoisotopic (exact) mass is 370 g/mol. The molecule has 1 saturated carbocycles. The first-order valence-electron chi connectivity index (χ1n) is 8.42. The summed E-state index contributed by atoms with van der Waals surface area (Å²) in [5.74, 6) is -1.29. The third-order valence-corrected chi connectivity index (χ3v) is 4.85. The number of fused-ring (bicyclic) bond motifs is 1. The third-order valence-electron chi connectivity index (χ3n) is 4.85. The van der Waals surface area contributed by atoms with Crippen molar-refractivity contribution in [3.8, 4) is 11.1 Å². The molecule has 138 valence electrons. The van der Waals surface area contributed by atoms with Crippen molar-refractivity contribution >= 4 is 22.6 Å². The second-order valence-electron chi connectivity index (χ2n) is 6.69. The van der Waals surface area contributed by atoms with Gasteiger partial charge in [-0.2, -0.15) is 0 Å². The molecule has 1 N–H and O–H groups in total. The second kappa shape index (κ2) is 6.22. The van der Waals surface area contributed by atoms with Gasteiger partial charge in [-0.3, -0.25) is 14.6 Å².